The topological polar surface area (TPSA) is 74.5 Å². The van der Waals surface area contributed by atoms with Gasteiger partial charge in [0.15, 0.2) is 0 Å². The van der Waals surface area contributed by atoms with Crippen LogP contribution in [0.1, 0.15) is 22.1 Å². The van der Waals surface area contributed by atoms with Crippen LogP contribution in [0, 0.1) is 0 Å². The molecule has 0 radical (unpaired) electrons. The highest BCUT2D eigenvalue weighted by Gasteiger charge is 2.15. The number of rotatable bonds is 4. The van der Waals surface area contributed by atoms with Gasteiger partial charge >= 0.3 is 11.9 Å². The van der Waals surface area contributed by atoms with Gasteiger partial charge in [-0.2, -0.15) is 0 Å². The van der Waals surface area contributed by atoms with Crippen LogP contribution < -0.4 is 4.74 Å². The molecular weight excluding hydrogens is 236 g/mol. The van der Waals surface area contributed by atoms with Gasteiger partial charge in [-0.05, 0) is 17.7 Å². The van der Waals surface area contributed by atoms with Crippen molar-refractivity contribution in [2.75, 3.05) is 14.2 Å². The van der Waals surface area contributed by atoms with Gasteiger partial charge in [0.2, 0.25) is 5.89 Å². The lowest BCUT2D eigenvalue weighted by Crippen LogP contribution is -2.00. The molecule has 0 aliphatic rings. The van der Waals surface area contributed by atoms with Crippen LogP contribution in [0.3, 0.4) is 0 Å². The van der Waals surface area contributed by atoms with Gasteiger partial charge < -0.3 is 13.9 Å². The zero-order valence-electron chi connectivity index (χ0n) is 10.0. The standard InChI is InChI=1S/C12H12N2O4/c1-16-9-5-3-4-8(6-9)7-10-13-14-11(18-10)12(15)17-2/h3-6H,7H2,1-2H3. The number of carbonyl (C=O) groups is 1. The Bertz CT molecular complexity index is 551. The molecule has 1 aromatic heterocycles. The summed E-state index contributed by atoms with van der Waals surface area (Å²) in [4.78, 5) is 11.1. The predicted octanol–water partition coefficient (Wildman–Crippen LogP) is 1.46. The summed E-state index contributed by atoms with van der Waals surface area (Å²) in [6.45, 7) is 0. The van der Waals surface area contributed by atoms with E-state index in [-0.39, 0.29) is 5.89 Å². The average Bonchev–Trinajstić information content (AvgIpc) is 2.86. The summed E-state index contributed by atoms with van der Waals surface area (Å²) in [5.74, 6) is 0.318. The molecule has 94 valence electrons. The minimum absolute atomic E-state index is 0.143. The molecular formula is C12H12N2O4. The van der Waals surface area contributed by atoms with Gasteiger partial charge in [-0.1, -0.05) is 12.1 Å². The van der Waals surface area contributed by atoms with E-state index >= 15 is 0 Å². The van der Waals surface area contributed by atoms with Gasteiger partial charge in [0, 0.05) is 0 Å². The van der Waals surface area contributed by atoms with Gasteiger partial charge in [0.25, 0.3) is 0 Å². The lowest BCUT2D eigenvalue weighted by molar-refractivity contribution is 0.0554. The number of nitrogens with zero attached hydrogens (tertiary/aromatic N) is 2. The number of hydrogen-bond acceptors (Lipinski definition) is 6. The summed E-state index contributed by atoms with van der Waals surface area (Å²) in [6.07, 6.45) is 0.432. The van der Waals surface area contributed by atoms with Crippen molar-refractivity contribution < 1.29 is 18.7 Å². The molecule has 0 saturated heterocycles. The highest BCUT2D eigenvalue weighted by molar-refractivity contribution is 5.83. The van der Waals surface area contributed by atoms with Crippen molar-refractivity contribution in [2.45, 2.75) is 6.42 Å². The fourth-order valence-electron chi connectivity index (χ4n) is 1.45. The molecule has 0 amide bonds. The smallest absolute Gasteiger partial charge is 0.396 e. The molecule has 6 nitrogen and oxygen atoms in total. The Balaban J connectivity index is 2.13. The fraction of sp³-hybridized carbons (Fsp3) is 0.250. The quantitative estimate of drug-likeness (QED) is 0.762. The third-order valence-electron chi connectivity index (χ3n) is 2.32. The normalized spacial score (nSPS) is 10.1. The maximum absolute atomic E-state index is 11.1. The molecule has 6 heteroatoms. The molecule has 0 fully saturated rings. The number of methoxy groups -OCH3 is 2. The molecule has 0 atom stereocenters. The number of carbonyl (C=O) groups excluding carboxylic acids is 1. The molecule has 2 aromatic rings. The maximum atomic E-state index is 11.1. The van der Waals surface area contributed by atoms with Crippen molar-refractivity contribution in [3.8, 4) is 5.75 Å². The summed E-state index contributed by atoms with van der Waals surface area (Å²) in [5, 5.41) is 7.38. The second-order valence-electron chi connectivity index (χ2n) is 3.52. The van der Waals surface area contributed by atoms with Crippen LogP contribution in [0.5, 0.6) is 5.75 Å². The first-order valence-electron chi connectivity index (χ1n) is 5.26. The lowest BCUT2D eigenvalue weighted by atomic mass is 10.1. The van der Waals surface area contributed by atoms with E-state index < -0.39 is 5.97 Å². The van der Waals surface area contributed by atoms with Crippen LogP contribution in [-0.4, -0.2) is 30.4 Å². The zero-order valence-corrected chi connectivity index (χ0v) is 10.0. The number of benzene rings is 1. The van der Waals surface area contributed by atoms with E-state index in [0.29, 0.717) is 12.3 Å². The third-order valence-corrected chi connectivity index (χ3v) is 2.32. The molecule has 1 heterocycles. The van der Waals surface area contributed by atoms with Gasteiger partial charge in [0.05, 0.1) is 20.6 Å². The van der Waals surface area contributed by atoms with Crippen molar-refractivity contribution in [3.63, 3.8) is 0 Å². The minimum atomic E-state index is -0.639. The number of aromatic nitrogens is 2. The van der Waals surface area contributed by atoms with Crippen LogP contribution in [-0.2, 0) is 11.2 Å². The molecule has 0 aliphatic carbocycles. The summed E-state index contributed by atoms with van der Waals surface area (Å²) >= 11 is 0. The first kappa shape index (κ1) is 12.1. The maximum Gasteiger partial charge on any atom is 0.396 e. The first-order chi connectivity index (χ1) is 8.72. The Morgan fingerprint density at radius 2 is 2.17 bits per heavy atom. The van der Waals surface area contributed by atoms with Gasteiger partial charge in [-0.3, -0.25) is 0 Å². The number of esters is 1. The van der Waals surface area contributed by atoms with Crippen molar-refractivity contribution >= 4 is 5.97 Å². The van der Waals surface area contributed by atoms with E-state index in [1.54, 1.807) is 7.11 Å². The average molecular weight is 248 g/mol. The summed E-state index contributed by atoms with van der Waals surface area (Å²) in [6, 6.07) is 7.48. The Morgan fingerprint density at radius 3 is 2.89 bits per heavy atom. The van der Waals surface area contributed by atoms with E-state index in [1.165, 1.54) is 7.11 Å². The van der Waals surface area contributed by atoms with Crippen molar-refractivity contribution in [2.24, 2.45) is 0 Å². The first-order valence-corrected chi connectivity index (χ1v) is 5.26. The second-order valence-corrected chi connectivity index (χ2v) is 3.52. The predicted molar refractivity (Wildman–Crippen MR) is 61.4 cm³/mol. The molecule has 1 aromatic carbocycles. The van der Waals surface area contributed by atoms with Gasteiger partial charge in [0.1, 0.15) is 5.75 Å². The van der Waals surface area contributed by atoms with Gasteiger partial charge in [-0.15, -0.1) is 10.2 Å². The molecule has 0 N–H and O–H groups in total. The molecule has 0 unspecified atom stereocenters. The van der Waals surface area contributed by atoms with Gasteiger partial charge in [-0.25, -0.2) is 4.79 Å². The summed E-state index contributed by atoms with van der Waals surface area (Å²) < 4.78 is 14.8. The summed E-state index contributed by atoms with van der Waals surface area (Å²) in [7, 11) is 2.86. The molecule has 0 aliphatic heterocycles. The minimum Gasteiger partial charge on any atom is -0.497 e. The largest absolute Gasteiger partial charge is 0.497 e. The second kappa shape index (κ2) is 5.31. The molecule has 0 saturated carbocycles. The highest BCUT2D eigenvalue weighted by atomic mass is 16.5. The number of ether oxygens (including phenoxy) is 2. The molecule has 0 spiro atoms. The third kappa shape index (κ3) is 2.65. The van der Waals surface area contributed by atoms with Crippen LogP contribution in [0.15, 0.2) is 28.7 Å². The Labute approximate surface area is 104 Å². The van der Waals surface area contributed by atoms with E-state index in [0.717, 1.165) is 11.3 Å². The Hall–Kier alpha value is -2.37. The van der Waals surface area contributed by atoms with E-state index in [4.69, 9.17) is 9.15 Å². The monoisotopic (exact) mass is 248 g/mol. The van der Waals surface area contributed by atoms with Crippen molar-refractivity contribution in [3.05, 3.63) is 41.6 Å². The Kier molecular flexibility index (Phi) is 3.57. The lowest BCUT2D eigenvalue weighted by Gasteiger charge is -2.01. The van der Waals surface area contributed by atoms with Crippen molar-refractivity contribution in [1.29, 1.82) is 0 Å². The molecule has 0 bridgehead atoms. The Morgan fingerprint density at radius 1 is 1.33 bits per heavy atom. The highest BCUT2D eigenvalue weighted by Crippen LogP contribution is 2.15. The van der Waals surface area contributed by atoms with E-state index in [9.17, 15) is 4.79 Å². The summed E-state index contributed by atoms with van der Waals surface area (Å²) in [5.41, 5.74) is 0.953. The fourth-order valence-corrected chi connectivity index (χ4v) is 1.45. The van der Waals surface area contributed by atoms with Crippen LogP contribution in [0.4, 0.5) is 0 Å². The van der Waals surface area contributed by atoms with Crippen molar-refractivity contribution in [1.82, 2.24) is 10.2 Å². The van der Waals surface area contributed by atoms with Crippen LogP contribution in [0.2, 0.25) is 0 Å². The zero-order chi connectivity index (χ0) is 13.0. The van der Waals surface area contributed by atoms with E-state index in [1.807, 2.05) is 24.3 Å². The molecule has 18 heavy (non-hydrogen) atoms. The van der Waals surface area contributed by atoms with Crippen LogP contribution in [0.25, 0.3) is 0 Å². The SMILES string of the molecule is COC(=O)c1nnc(Cc2cccc(OC)c2)o1. The number of hydrogen-bond donors (Lipinski definition) is 0. The molecule has 2 rings (SSSR count). The van der Waals surface area contributed by atoms with E-state index in [2.05, 4.69) is 14.9 Å². The van der Waals surface area contributed by atoms with Crippen LogP contribution >= 0.6 is 0 Å².